The molecule has 0 unspecified atom stereocenters. The first-order valence-electron chi connectivity index (χ1n) is 10.3. The first kappa shape index (κ1) is 20.2. The number of carbonyl (C=O) groups excluding carboxylic acids is 3. The van der Waals surface area contributed by atoms with Gasteiger partial charge in [-0.05, 0) is 55.2 Å². The lowest BCUT2D eigenvalue weighted by molar-refractivity contribution is -0.384. The summed E-state index contributed by atoms with van der Waals surface area (Å²) in [6.07, 6.45) is 1.43. The van der Waals surface area contributed by atoms with E-state index < -0.39 is 29.3 Å². The van der Waals surface area contributed by atoms with Crippen molar-refractivity contribution < 1.29 is 33.5 Å². The third kappa shape index (κ3) is 3.49. The highest BCUT2D eigenvalue weighted by Crippen LogP contribution is 2.57. The van der Waals surface area contributed by atoms with Crippen LogP contribution < -0.4 is 4.74 Å². The van der Waals surface area contributed by atoms with Crippen LogP contribution >= 0.6 is 0 Å². The summed E-state index contributed by atoms with van der Waals surface area (Å²) in [4.78, 5) is 47.3. The number of nitro benzene ring substituents is 1. The van der Waals surface area contributed by atoms with Gasteiger partial charge in [-0.2, -0.15) is 0 Å². The topological polar surface area (TPSA) is 122 Å². The number of benzene rings is 2. The van der Waals surface area contributed by atoms with Crippen molar-refractivity contribution in [2.75, 3.05) is 6.61 Å². The maximum Gasteiger partial charge on any atom is 0.310 e. The van der Waals surface area contributed by atoms with Gasteiger partial charge in [-0.15, -0.1) is 0 Å². The van der Waals surface area contributed by atoms with Gasteiger partial charge in [-0.25, -0.2) is 0 Å². The van der Waals surface area contributed by atoms with Gasteiger partial charge in [0.2, 0.25) is 0 Å². The molecule has 2 aromatic rings. The number of Topliss-reactive ketones (excluding diaryl/α,β-unsaturated/α-hetero) is 1. The van der Waals surface area contributed by atoms with Gasteiger partial charge in [0.25, 0.3) is 5.69 Å². The molecule has 2 saturated carbocycles. The fourth-order valence-electron chi connectivity index (χ4n) is 5.12. The molecule has 1 heterocycles. The van der Waals surface area contributed by atoms with E-state index in [1.807, 2.05) is 0 Å². The van der Waals surface area contributed by atoms with Crippen LogP contribution in [0.25, 0.3) is 0 Å². The second kappa shape index (κ2) is 7.74. The van der Waals surface area contributed by atoms with Gasteiger partial charge in [-0.3, -0.25) is 24.5 Å². The van der Waals surface area contributed by atoms with Gasteiger partial charge in [0.15, 0.2) is 12.4 Å². The van der Waals surface area contributed by atoms with Crippen LogP contribution in [0, 0.1) is 33.8 Å². The Labute approximate surface area is 182 Å². The molecule has 2 aromatic carbocycles. The predicted molar refractivity (Wildman–Crippen MR) is 108 cm³/mol. The van der Waals surface area contributed by atoms with Crippen molar-refractivity contribution in [3.05, 3.63) is 64.2 Å². The molecule has 3 fully saturated rings. The van der Waals surface area contributed by atoms with Gasteiger partial charge < -0.3 is 14.2 Å². The summed E-state index contributed by atoms with van der Waals surface area (Å²) >= 11 is 0. The Hall–Kier alpha value is -3.75. The number of rotatable bonds is 7. The molecule has 0 spiro atoms. The summed E-state index contributed by atoms with van der Waals surface area (Å²) in [5, 5.41) is 10.7. The lowest BCUT2D eigenvalue weighted by Gasteiger charge is -2.22. The van der Waals surface area contributed by atoms with Crippen molar-refractivity contribution in [1.82, 2.24) is 0 Å². The van der Waals surface area contributed by atoms with Crippen LogP contribution in [-0.4, -0.2) is 35.4 Å². The minimum atomic E-state index is -0.517. The monoisotopic (exact) mass is 437 g/mol. The number of nitrogens with zero attached hydrogens (tertiary/aromatic N) is 1. The SMILES string of the molecule is O=C(COC(=O)[C@@H]1[C@@H]2C[C@@H]3[C@H]1C(=O)O[C@H]3C2)c1ccc(Oc2ccc([N+](=O)[O-])cc2)cc1. The van der Waals surface area contributed by atoms with Crippen LogP contribution in [0.5, 0.6) is 11.5 Å². The molecular weight excluding hydrogens is 418 g/mol. The zero-order chi connectivity index (χ0) is 22.4. The second-order valence-corrected chi connectivity index (χ2v) is 8.33. The number of carbonyl (C=O) groups is 3. The molecule has 3 aliphatic rings. The van der Waals surface area contributed by atoms with Crippen molar-refractivity contribution in [3.8, 4) is 11.5 Å². The average molecular weight is 437 g/mol. The molecular formula is C23H19NO8. The molecule has 164 valence electrons. The van der Waals surface area contributed by atoms with E-state index in [1.54, 1.807) is 24.3 Å². The van der Waals surface area contributed by atoms with Crippen molar-refractivity contribution in [3.63, 3.8) is 0 Å². The maximum atomic E-state index is 12.6. The predicted octanol–water partition coefficient (Wildman–Crippen LogP) is 3.31. The molecule has 5 rings (SSSR count). The number of non-ortho nitro benzene ring substituents is 1. The van der Waals surface area contributed by atoms with Gasteiger partial charge in [0.05, 0.1) is 16.8 Å². The molecule has 9 heteroatoms. The second-order valence-electron chi connectivity index (χ2n) is 8.33. The van der Waals surface area contributed by atoms with E-state index in [9.17, 15) is 24.5 Å². The van der Waals surface area contributed by atoms with Crippen LogP contribution in [0.2, 0.25) is 0 Å². The van der Waals surface area contributed by atoms with E-state index in [-0.39, 0.29) is 35.4 Å². The van der Waals surface area contributed by atoms with E-state index in [2.05, 4.69) is 0 Å². The standard InChI is InChI=1S/C23H19NO8/c25-18(11-30-22(26)20-13-9-17-19(10-13)32-23(27)21(17)20)12-1-5-15(6-2-12)31-16-7-3-14(4-8-16)24(28)29/h1-8,13,17,19-21H,9-11H2/t13-,17+,19+,20-,21-/m1/s1. The van der Waals surface area contributed by atoms with Gasteiger partial charge in [-0.1, -0.05) is 0 Å². The third-order valence-electron chi connectivity index (χ3n) is 6.56. The summed E-state index contributed by atoms with van der Waals surface area (Å²) in [5.74, 6) is -1.10. The maximum absolute atomic E-state index is 12.6. The number of hydrogen-bond donors (Lipinski definition) is 0. The summed E-state index contributed by atoms with van der Waals surface area (Å²) in [6, 6.07) is 11.9. The summed E-state index contributed by atoms with van der Waals surface area (Å²) in [6.45, 7) is -0.402. The molecule has 5 atom stereocenters. The van der Waals surface area contributed by atoms with Crippen molar-refractivity contribution in [1.29, 1.82) is 0 Å². The molecule has 0 N–H and O–H groups in total. The zero-order valence-electron chi connectivity index (χ0n) is 16.8. The number of esters is 2. The normalized spacial score (nSPS) is 27.1. The zero-order valence-corrected chi connectivity index (χ0v) is 16.8. The Balaban J connectivity index is 1.16. The van der Waals surface area contributed by atoms with Gasteiger partial charge in [0, 0.05) is 23.6 Å². The fourth-order valence-corrected chi connectivity index (χ4v) is 5.12. The van der Waals surface area contributed by atoms with Crippen molar-refractivity contribution in [2.24, 2.45) is 23.7 Å². The summed E-state index contributed by atoms with van der Waals surface area (Å²) in [7, 11) is 0. The molecule has 0 amide bonds. The van der Waals surface area contributed by atoms with E-state index in [4.69, 9.17) is 14.2 Å². The van der Waals surface area contributed by atoms with Crippen molar-refractivity contribution in [2.45, 2.75) is 18.9 Å². The highest BCUT2D eigenvalue weighted by molar-refractivity contribution is 5.98. The van der Waals surface area contributed by atoms with Crippen LogP contribution in [0.4, 0.5) is 5.69 Å². The minimum Gasteiger partial charge on any atom is -0.462 e. The molecule has 1 aliphatic heterocycles. The number of ketones is 1. The first-order valence-corrected chi connectivity index (χ1v) is 10.3. The van der Waals surface area contributed by atoms with Crippen LogP contribution in [-0.2, 0) is 19.1 Å². The molecule has 0 aromatic heterocycles. The number of hydrogen-bond acceptors (Lipinski definition) is 8. The average Bonchev–Trinajstić information content (AvgIpc) is 3.41. The molecule has 32 heavy (non-hydrogen) atoms. The van der Waals surface area contributed by atoms with Gasteiger partial charge in [0.1, 0.15) is 17.6 Å². The third-order valence-corrected chi connectivity index (χ3v) is 6.56. The van der Waals surface area contributed by atoms with Crippen LogP contribution in [0.3, 0.4) is 0 Å². The molecule has 1 saturated heterocycles. The lowest BCUT2D eigenvalue weighted by Crippen LogP contribution is -2.34. The molecule has 9 nitrogen and oxygen atoms in total. The molecule has 2 aliphatic carbocycles. The Morgan fingerprint density at radius 2 is 1.69 bits per heavy atom. The number of nitro groups is 1. The van der Waals surface area contributed by atoms with E-state index >= 15 is 0 Å². The lowest BCUT2D eigenvalue weighted by atomic mass is 9.80. The summed E-state index contributed by atoms with van der Waals surface area (Å²) in [5.41, 5.74) is 0.310. The highest BCUT2D eigenvalue weighted by atomic mass is 16.6. The Kier molecular flexibility index (Phi) is 4.88. The van der Waals surface area contributed by atoms with Crippen LogP contribution in [0.15, 0.2) is 48.5 Å². The van der Waals surface area contributed by atoms with E-state index in [0.717, 1.165) is 6.42 Å². The summed E-state index contributed by atoms with van der Waals surface area (Å²) < 4.78 is 16.2. The van der Waals surface area contributed by atoms with E-state index in [1.165, 1.54) is 24.3 Å². The number of ether oxygens (including phenoxy) is 3. The molecule has 0 radical (unpaired) electrons. The Morgan fingerprint density at radius 3 is 2.34 bits per heavy atom. The fraction of sp³-hybridized carbons (Fsp3) is 0.348. The van der Waals surface area contributed by atoms with E-state index in [0.29, 0.717) is 23.5 Å². The smallest absolute Gasteiger partial charge is 0.310 e. The quantitative estimate of drug-likeness (QED) is 0.280. The minimum absolute atomic E-state index is 0.0390. The molecule has 2 bridgehead atoms. The Morgan fingerprint density at radius 1 is 1.03 bits per heavy atom. The van der Waals surface area contributed by atoms with Crippen LogP contribution in [0.1, 0.15) is 23.2 Å². The van der Waals surface area contributed by atoms with Crippen molar-refractivity contribution >= 4 is 23.4 Å². The first-order chi connectivity index (χ1) is 15.4. The van der Waals surface area contributed by atoms with Gasteiger partial charge >= 0.3 is 11.9 Å². The highest BCUT2D eigenvalue weighted by Gasteiger charge is 2.64. The largest absolute Gasteiger partial charge is 0.462 e. The number of fused-ring (bicyclic) bond motifs is 1. The Bertz CT molecular complexity index is 1090.